The highest BCUT2D eigenvalue weighted by Gasteiger charge is 2.30. The number of hydrogen-bond acceptors (Lipinski definition) is 3. The molecule has 5 nitrogen and oxygen atoms in total. The molecule has 1 aromatic rings. The van der Waals surface area contributed by atoms with Crippen LogP contribution in [-0.2, 0) is 4.79 Å². The van der Waals surface area contributed by atoms with E-state index in [0.29, 0.717) is 24.2 Å². The Morgan fingerprint density at radius 3 is 2.47 bits per heavy atom. The number of carbonyl (C=O) groups excluding carboxylic acids is 2. The van der Waals surface area contributed by atoms with Crippen molar-refractivity contribution in [3.63, 3.8) is 0 Å². The minimum atomic E-state index is -0.328. The maximum absolute atomic E-state index is 11.9. The molecule has 0 atom stereocenters. The minimum Gasteiger partial charge on any atom is -0.327 e. The molecule has 0 unspecified atom stereocenters. The van der Waals surface area contributed by atoms with Gasteiger partial charge < -0.3 is 4.90 Å². The Morgan fingerprint density at radius 2 is 1.88 bits per heavy atom. The smallest absolute Gasteiger partial charge is 0.327 e. The standard InChI is InChI=1S/C12H11N3O2/c1-14-7-6-11(16)15(12(14)17)10-4-2-9(8-13)3-5-10/h2-5H,6-7H2,1H3. The number of benzene rings is 1. The third-order valence-corrected chi connectivity index (χ3v) is 2.68. The summed E-state index contributed by atoms with van der Waals surface area (Å²) in [7, 11) is 1.66. The van der Waals surface area contributed by atoms with Crippen molar-refractivity contribution in [2.75, 3.05) is 18.5 Å². The van der Waals surface area contributed by atoms with E-state index in [1.165, 1.54) is 4.90 Å². The van der Waals surface area contributed by atoms with Crippen LogP contribution < -0.4 is 4.90 Å². The van der Waals surface area contributed by atoms with E-state index >= 15 is 0 Å². The van der Waals surface area contributed by atoms with Gasteiger partial charge in [0.1, 0.15) is 0 Å². The number of nitrogens with zero attached hydrogens (tertiary/aromatic N) is 3. The summed E-state index contributed by atoms with van der Waals surface area (Å²) in [6.07, 6.45) is 0.322. The Morgan fingerprint density at radius 1 is 1.24 bits per heavy atom. The average Bonchev–Trinajstić information content (AvgIpc) is 2.35. The molecule has 0 bridgehead atoms. The van der Waals surface area contributed by atoms with E-state index in [1.54, 1.807) is 31.3 Å². The summed E-state index contributed by atoms with van der Waals surface area (Å²) >= 11 is 0. The van der Waals surface area contributed by atoms with Crippen LogP contribution in [0.5, 0.6) is 0 Å². The first kappa shape index (κ1) is 11.1. The van der Waals surface area contributed by atoms with Gasteiger partial charge in [-0.25, -0.2) is 9.69 Å². The molecule has 1 aliphatic rings. The summed E-state index contributed by atoms with van der Waals surface area (Å²) in [5.41, 5.74) is 1.00. The maximum Gasteiger partial charge on any atom is 0.331 e. The molecule has 1 saturated heterocycles. The quantitative estimate of drug-likeness (QED) is 0.730. The highest BCUT2D eigenvalue weighted by molar-refractivity contribution is 6.15. The van der Waals surface area contributed by atoms with Crippen molar-refractivity contribution in [3.8, 4) is 6.07 Å². The van der Waals surface area contributed by atoms with Crippen molar-refractivity contribution < 1.29 is 9.59 Å². The van der Waals surface area contributed by atoms with Crippen LogP contribution in [0.2, 0.25) is 0 Å². The van der Waals surface area contributed by atoms with Gasteiger partial charge in [0.15, 0.2) is 0 Å². The normalized spacial score (nSPS) is 16.0. The van der Waals surface area contributed by atoms with Gasteiger partial charge >= 0.3 is 6.03 Å². The number of hydrogen-bond donors (Lipinski definition) is 0. The molecule has 0 spiro atoms. The topological polar surface area (TPSA) is 64.4 Å². The van der Waals surface area contributed by atoms with Gasteiger partial charge in [0.2, 0.25) is 5.91 Å². The van der Waals surface area contributed by atoms with E-state index in [4.69, 9.17) is 5.26 Å². The highest BCUT2D eigenvalue weighted by Crippen LogP contribution is 2.20. The summed E-state index contributed by atoms with van der Waals surface area (Å²) in [5.74, 6) is -0.210. The molecule has 0 aliphatic carbocycles. The van der Waals surface area contributed by atoms with Crippen LogP contribution in [0.4, 0.5) is 10.5 Å². The zero-order valence-corrected chi connectivity index (χ0v) is 9.38. The van der Waals surface area contributed by atoms with Gasteiger partial charge in [0.05, 0.1) is 17.3 Å². The molecule has 1 aliphatic heterocycles. The lowest BCUT2D eigenvalue weighted by Gasteiger charge is -2.31. The van der Waals surface area contributed by atoms with E-state index in [2.05, 4.69) is 0 Å². The zero-order chi connectivity index (χ0) is 12.4. The number of amides is 3. The van der Waals surface area contributed by atoms with Crippen molar-refractivity contribution >= 4 is 17.6 Å². The third kappa shape index (κ3) is 1.97. The molecule has 17 heavy (non-hydrogen) atoms. The summed E-state index contributed by atoms with van der Waals surface area (Å²) in [5, 5.41) is 8.68. The fraction of sp³-hybridized carbons (Fsp3) is 0.250. The molecule has 1 fully saturated rings. The molecule has 3 amide bonds. The molecule has 0 radical (unpaired) electrons. The Bertz CT molecular complexity index is 501. The fourth-order valence-electron chi connectivity index (χ4n) is 1.69. The largest absolute Gasteiger partial charge is 0.331 e. The monoisotopic (exact) mass is 229 g/mol. The van der Waals surface area contributed by atoms with Gasteiger partial charge in [-0.2, -0.15) is 5.26 Å². The van der Waals surface area contributed by atoms with E-state index in [0.717, 1.165) is 4.90 Å². The molecule has 86 valence electrons. The summed E-state index contributed by atoms with van der Waals surface area (Å²) in [4.78, 5) is 26.2. The van der Waals surface area contributed by atoms with Gasteiger partial charge in [0.25, 0.3) is 0 Å². The lowest BCUT2D eigenvalue weighted by Crippen LogP contribution is -2.50. The molecular formula is C12H11N3O2. The van der Waals surface area contributed by atoms with Gasteiger partial charge in [-0.15, -0.1) is 0 Å². The predicted octanol–water partition coefficient (Wildman–Crippen LogP) is 1.35. The zero-order valence-electron chi connectivity index (χ0n) is 9.38. The molecule has 0 N–H and O–H groups in total. The van der Waals surface area contributed by atoms with E-state index in [-0.39, 0.29) is 11.9 Å². The highest BCUT2D eigenvalue weighted by atomic mass is 16.2. The molecular weight excluding hydrogens is 218 g/mol. The number of urea groups is 1. The van der Waals surface area contributed by atoms with Crippen LogP contribution >= 0.6 is 0 Å². The van der Waals surface area contributed by atoms with Crippen LogP contribution in [-0.4, -0.2) is 30.4 Å². The van der Waals surface area contributed by atoms with Crippen LogP contribution in [0.1, 0.15) is 12.0 Å². The Labute approximate surface area is 98.9 Å². The number of anilines is 1. The lowest BCUT2D eigenvalue weighted by molar-refractivity contribution is -0.119. The van der Waals surface area contributed by atoms with Crippen molar-refractivity contribution in [2.24, 2.45) is 0 Å². The minimum absolute atomic E-state index is 0.210. The molecule has 0 saturated carbocycles. The van der Waals surface area contributed by atoms with Crippen LogP contribution in [0.3, 0.4) is 0 Å². The van der Waals surface area contributed by atoms with Crippen molar-refractivity contribution in [1.29, 1.82) is 5.26 Å². The summed E-state index contributed by atoms with van der Waals surface area (Å²) < 4.78 is 0. The second-order valence-corrected chi connectivity index (χ2v) is 3.84. The Balaban J connectivity index is 2.33. The second kappa shape index (κ2) is 4.26. The lowest BCUT2D eigenvalue weighted by atomic mass is 10.2. The Hall–Kier alpha value is -2.35. The third-order valence-electron chi connectivity index (χ3n) is 2.68. The van der Waals surface area contributed by atoms with Crippen LogP contribution in [0.25, 0.3) is 0 Å². The number of rotatable bonds is 1. The van der Waals surface area contributed by atoms with Crippen molar-refractivity contribution in [2.45, 2.75) is 6.42 Å². The van der Waals surface area contributed by atoms with E-state index in [9.17, 15) is 9.59 Å². The van der Waals surface area contributed by atoms with Gasteiger partial charge in [-0.05, 0) is 24.3 Å². The summed E-state index contributed by atoms with van der Waals surface area (Å²) in [6.45, 7) is 0.449. The molecule has 2 rings (SSSR count). The van der Waals surface area contributed by atoms with Crippen molar-refractivity contribution in [3.05, 3.63) is 29.8 Å². The molecule has 0 aromatic heterocycles. The fourth-order valence-corrected chi connectivity index (χ4v) is 1.69. The maximum atomic E-state index is 11.9. The molecule has 1 heterocycles. The molecule has 5 heteroatoms. The van der Waals surface area contributed by atoms with Crippen LogP contribution in [0, 0.1) is 11.3 Å². The van der Waals surface area contributed by atoms with Crippen molar-refractivity contribution in [1.82, 2.24) is 4.90 Å². The first-order valence-corrected chi connectivity index (χ1v) is 5.21. The molecule has 1 aromatic carbocycles. The summed E-state index contributed by atoms with van der Waals surface area (Å²) in [6, 6.07) is 8.05. The second-order valence-electron chi connectivity index (χ2n) is 3.84. The predicted molar refractivity (Wildman–Crippen MR) is 61.3 cm³/mol. The first-order valence-electron chi connectivity index (χ1n) is 5.21. The van der Waals surface area contributed by atoms with Gasteiger partial charge in [0, 0.05) is 20.0 Å². The number of carbonyl (C=O) groups is 2. The van der Waals surface area contributed by atoms with E-state index in [1.807, 2.05) is 6.07 Å². The Kier molecular flexibility index (Phi) is 2.79. The number of nitriles is 1. The van der Waals surface area contributed by atoms with Gasteiger partial charge in [-0.3, -0.25) is 4.79 Å². The SMILES string of the molecule is CN1CCC(=O)N(c2ccc(C#N)cc2)C1=O. The van der Waals surface area contributed by atoms with Crippen LogP contribution in [0.15, 0.2) is 24.3 Å². The number of imide groups is 1. The van der Waals surface area contributed by atoms with Gasteiger partial charge in [-0.1, -0.05) is 0 Å². The van der Waals surface area contributed by atoms with E-state index < -0.39 is 0 Å². The first-order chi connectivity index (χ1) is 8.13. The average molecular weight is 229 g/mol.